The van der Waals surface area contributed by atoms with E-state index in [1.54, 1.807) is 28.4 Å². The number of aryl methyl sites for hydroxylation is 2. The number of phenols is 1. The van der Waals surface area contributed by atoms with Crippen LogP contribution < -0.4 is 18.9 Å². The van der Waals surface area contributed by atoms with E-state index in [-0.39, 0.29) is 5.75 Å². The summed E-state index contributed by atoms with van der Waals surface area (Å²) in [7, 11) is 6.31. The number of rotatable bonds is 4. The molecule has 0 radical (unpaired) electrons. The predicted molar refractivity (Wildman–Crippen MR) is 113 cm³/mol. The zero-order valence-corrected chi connectivity index (χ0v) is 20.1. The molecule has 0 fully saturated rings. The lowest BCUT2D eigenvalue weighted by Crippen LogP contribution is -1.99. The monoisotopic (exact) mass is 554 g/mol. The van der Waals surface area contributed by atoms with E-state index in [1.165, 1.54) is 0 Å². The molecule has 0 atom stereocenters. The molecule has 0 heterocycles. The van der Waals surface area contributed by atoms with E-state index in [0.717, 1.165) is 15.6 Å². The fourth-order valence-electron chi connectivity index (χ4n) is 2.21. The smallest absolute Gasteiger partial charge is 0.207 e. The van der Waals surface area contributed by atoms with Crippen molar-refractivity contribution in [1.82, 2.24) is 0 Å². The number of benzene rings is 2. The van der Waals surface area contributed by atoms with Gasteiger partial charge in [-0.05, 0) is 84.9 Å². The maximum atomic E-state index is 9.39. The first-order valence-corrected chi connectivity index (χ1v) is 9.77. The van der Waals surface area contributed by atoms with Crippen molar-refractivity contribution in [3.63, 3.8) is 0 Å². The highest BCUT2D eigenvalue weighted by atomic mass is 79.9. The first kappa shape index (κ1) is 22.9. The first-order chi connectivity index (χ1) is 12.2. The van der Waals surface area contributed by atoms with Gasteiger partial charge in [0.25, 0.3) is 0 Å². The number of aromatic hydroxyl groups is 1. The van der Waals surface area contributed by atoms with Crippen LogP contribution in [0.5, 0.6) is 28.7 Å². The van der Waals surface area contributed by atoms with Crippen molar-refractivity contribution in [2.75, 3.05) is 28.4 Å². The summed E-state index contributed by atoms with van der Waals surface area (Å²) in [5, 5.41) is 9.39. The number of methoxy groups -OCH3 is 4. The van der Waals surface area contributed by atoms with Crippen molar-refractivity contribution < 1.29 is 24.1 Å². The summed E-state index contributed by atoms with van der Waals surface area (Å²) in [4.78, 5) is 0. The number of phenolic OH excluding ortho intramolecular Hbond substituents is 1. The molecule has 0 spiro atoms. The number of hydrogen-bond acceptors (Lipinski definition) is 5. The fourth-order valence-corrected chi connectivity index (χ4v) is 3.85. The van der Waals surface area contributed by atoms with Gasteiger partial charge in [-0.25, -0.2) is 0 Å². The maximum absolute atomic E-state index is 9.39. The minimum absolute atomic E-state index is 0.225. The van der Waals surface area contributed by atoms with Crippen LogP contribution in [0.1, 0.15) is 11.1 Å². The lowest BCUT2D eigenvalue weighted by Gasteiger charge is -2.16. The van der Waals surface area contributed by atoms with Crippen LogP contribution in [0, 0.1) is 13.8 Å². The molecule has 0 aliphatic rings. The summed E-state index contributed by atoms with van der Waals surface area (Å²) >= 11 is 9.82. The van der Waals surface area contributed by atoms with E-state index in [9.17, 15) is 5.11 Å². The van der Waals surface area contributed by atoms with Gasteiger partial charge in [0.1, 0.15) is 5.75 Å². The molecule has 5 nitrogen and oxygen atoms in total. The van der Waals surface area contributed by atoms with Crippen LogP contribution in [0.4, 0.5) is 0 Å². The summed E-state index contributed by atoms with van der Waals surface area (Å²) < 4.78 is 23.2. The van der Waals surface area contributed by atoms with Crippen LogP contribution in [-0.4, -0.2) is 33.5 Å². The Hall–Kier alpha value is -1.12. The van der Waals surface area contributed by atoms with Crippen LogP contribution >= 0.6 is 47.8 Å². The molecule has 0 unspecified atom stereocenters. The van der Waals surface area contributed by atoms with E-state index in [1.807, 2.05) is 26.0 Å². The van der Waals surface area contributed by atoms with Crippen LogP contribution in [0.15, 0.2) is 25.6 Å². The predicted octanol–water partition coefficient (Wildman–Crippen LogP) is 6.02. The van der Waals surface area contributed by atoms with Crippen molar-refractivity contribution in [3.8, 4) is 28.7 Å². The second-order valence-corrected chi connectivity index (χ2v) is 7.59. The zero-order chi connectivity index (χ0) is 20.0. The maximum Gasteiger partial charge on any atom is 0.207 e. The van der Waals surface area contributed by atoms with Gasteiger partial charge >= 0.3 is 0 Å². The molecule has 0 amide bonds. The minimum atomic E-state index is 0.225. The number of hydrogen-bond donors (Lipinski definition) is 1. The molecule has 0 aromatic heterocycles. The Labute approximate surface area is 179 Å². The summed E-state index contributed by atoms with van der Waals surface area (Å²) in [6.45, 7) is 3.88. The molecule has 0 saturated heterocycles. The SMILES string of the molecule is COc1cc(C)c(OC)c(OC)c1OC.Cc1cc(Br)c(O)c(Br)c1Br. The third-order valence-corrected chi connectivity index (χ3v) is 6.42. The van der Waals surface area contributed by atoms with Crippen molar-refractivity contribution in [2.45, 2.75) is 13.8 Å². The molecule has 0 bridgehead atoms. The van der Waals surface area contributed by atoms with Gasteiger partial charge in [-0.15, -0.1) is 0 Å². The van der Waals surface area contributed by atoms with Crippen molar-refractivity contribution in [2.24, 2.45) is 0 Å². The van der Waals surface area contributed by atoms with Crippen LogP contribution in [0.3, 0.4) is 0 Å². The average molecular weight is 557 g/mol. The Bertz CT molecular complexity index is 752. The van der Waals surface area contributed by atoms with E-state index < -0.39 is 0 Å². The van der Waals surface area contributed by atoms with E-state index in [0.29, 0.717) is 31.9 Å². The van der Waals surface area contributed by atoms with Gasteiger partial charge in [-0.3, -0.25) is 0 Å². The van der Waals surface area contributed by atoms with Crippen molar-refractivity contribution >= 4 is 47.8 Å². The molecule has 2 aromatic carbocycles. The molecule has 2 rings (SSSR count). The largest absolute Gasteiger partial charge is 0.506 e. The molecule has 8 heteroatoms. The summed E-state index contributed by atoms with van der Waals surface area (Å²) in [5.74, 6) is 2.62. The topological polar surface area (TPSA) is 57.2 Å². The van der Waals surface area contributed by atoms with Crippen molar-refractivity contribution in [3.05, 3.63) is 36.7 Å². The van der Waals surface area contributed by atoms with E-state index >= 15 is 0 Å². The van der Waals surface area contributed by atoms with Gasteiger partial charge < -0.3 is 24.1 Å². The first-order valence-electron chi connectivity index (χ1n) is 7.39. The summed E-state index contributed by atoms with van der Waals surface area (Å²) in [6.07, 6.45) is 0. The van der Waals surface area contributed by atoms with Gasteiger partial charge in [0.05, 0.1) is 37.4 Å². The standard InChI is InChI=1S/C11H16O4.C7H5Br3O/c1-7-6-8(12-2)10(14-4)11(15-5)9(7)13-3;1-3-2-4(8)7(11)6(10)5(3)9/h6H,1-5H3;2,11H,1H3. The molecule has 0 aliphatic heterocycles. The fraction of sp³-hybridized carbons (Fsp3) is 0.333. The third kappa shape index (κ3) is 4.98. The highest BCUT2D eigenvalue weighted by molar-refractivity contribution is 9.13. The average Bonchev–Trinajstić information content (AvgIpc) is 2.64. The van der Waals surface area contributed by atoms with Crippen LogP contribution in [-0.2, 0) is 0 Å². The van der Waals surface area contributed by atoms with Crippen molar-refractivity contribution in [1.29, 1.82) is 0 Å². The molecular weight excluding hydrogens is 536 g/mol. The van der Waals surface area contributed by atoms with Gasteiger partial charge in [-0.1, -0.05) is 0 Å². The summed E-state index contributed by atoms with van der Waals surface area (Å²) in [5.41, 5.74) is 2.01. The lowest BCUT2D eigenvalue weighted by molar-refractivity contribution is 0.304. The molecule has 144 valence electrons. The second kappa shape index (κ2) is 10.3. The van der Waals surface area contributed by atoms with Crippen LogP contribution in [0.25, 0.3) is 0 Å². The molecule has 0 saturated carbocycles. The van der Waals surface area contributed by atoms with Crippen LogP contribution in [0.2, 0.25) is 0 Å². The van der Waals surface area contributed by atoms with E-state index in [4.69, 9.17) is 18.9 Å². The summed E-state index contributed by atoms with van der Waals surface area (Å²) in [6, 6.07) is 3.70. The van der Waals surface area contributed by atoms with Gasteiger partial charge in [0.15, 0.2) is 11.5 Å². The lowest BCUT2D eigenvalue weighted by atomic mass is 10.1. The molecule has 1 N–H and O–H groups in total. The zero-order valence-electron chi connectivity index (χ0n) is 15.4. The minimum Gasteiger partial charge on any atom is -0.506 e. The highest BCUT2D eigenvalue weighted by Gasteiger charge is 2.19. The normalized spacial score (nSPS) is 9.88. The molecule has 2 aromatic rings. The van der Waals surface area contributed by atoms with Gasteiger partial charge in [0, 0.05) is 4.47 Å². The second-order valence-electron chi connectivity index (χ2n) is 5.15. The van der Waals surface area contributed by atoms with Gasteiger partial charge in [0.2, 0.25) is 11.5 Å². The Morgan fingerprint density at radius 1 is 0.692 bits per heavy atom. The Morgan fingerprint density at radius 2 is 1.23 bits per heavy atom. The molecular formula is C18H21Br3O5. The Kier molecular flexibility index (Phi) is 9.06. The number of ether oxygens (including phenoxy) is 4. The highest BCUT2D eigenvalue weighted by Crippen LogP contribution is 2.46. The Morgan fingerprint density at radius 3 is 1.69 bits per heavy atom. The molecule has 26 heavy (non-hydrogen) atoms. The van der Waals surface area contributed by atoms with E-state index in [2.05, 4.69) is 47.8 Å². The Balaban J connectivity index is 0.000000273. The molecule has 0 aliphatic carbocycles. The third-order valence-electron chi connectivity index (χ3n) is 3.49. The quantitative estimate of drug-likeness (QED) is 0.467. The number of halogens is 3. The van der Waals surface area contributed by atoms with Gasteiger partial charge in [-0.2, -0.15) is 0 Å².